The van der Waals surface area contributed by atoms with Crippen LogP contribution in [-0.2, 0) is 0 Å². The second-order valence-electron chi connectivity index (χ2n) is 3.67. The van der Waals surface area contributed by atoms with Gasteiger partial charge >= 0.3 is 0 Å². The van der Waals surface area contributed by atoms with Crippen LogP contribution in [0.4, 0.5) is 10.3 Å². The second kappa shape index (κ2) is 6.03. The largest absolute Gasteiger partial charge is 0.353 e. The van der Waals surface area contributed by atoms with Crippen molar-refractivity contribution in [2.75, 3.05) is 18.1 Å². The zero-order valence-corrected chi connectivity index (χ0v) is 10.8. The lowest BCUT2D eigenvalue weighted by molar-refractivity contribution is 0.571. The van der Waals surface area contributed by atoms with E-state index < -0.39 is 5.82 Å². The van der Waals surface area contributed by atoms with Crippen molar-refractivity contribution in [3.05, 3.63) is 18.2 Å². The van der Waals surface area contributed by atoms with Crippen molar-refractivity contribution in [2.45, 2.75) is 31.4 Å². The van der Waals surface area contributed by atoms with Crippen LogP contribution in [0.25, 0.3) is 0 Å². The number of anilines is 1. The molecule has 1 heterocycles. The quantitative estimate of drug-likeness (QED) is 0.833. The van der Waals surface area contributed by atoms with Crippen LogP contribution in [0, 0.1) is 5.82 Å². The van der Waals surface area contributed by atoms with Gasteiger partial charge in [0.1, 0.15) is 0 Å². The van der Waals surface area contributed by atoms with E-state index in [-0.39, 0.29) is 4.75 Å². The Hall–Kier alpha value is -0.840. The fourth-order valence-electron chi connectivity index (χ4n) is 1.50. The summed E-state index contributed by atoms with van der Waals surface area (Å²) >= 11 is 1.85. The lowest BCUT2D eigenvalue weighted by Crippen LogP contribution is -2.32. The lowest BCUT2D eigenvalue weighted by atomic mass is 10.0. The van der Waals surface area contributed by atoms with E-state index in [0.29, 0.717) is 5.95 Å². The fourth-order valence-corrected chi connectivity index (χ4v) is 2.30. The molecule has 0 saturated heterocycles. The number of aromatic nitrogens is 2. The maximum atomic E-state index is 12.6. The lowest BCUT2D eigenvalue weighted by Gasteiger charge is -2.29. The van der Waals surface area contributed by atoms with Crippen LogP contribution in [-0.4, -0.2) is 27.5 Å². The van der Waals surface area contributed by atoms with Crippen LogP contribution < -0.4 is 5.32 Å². The summed E-state index contributed by atoms with van der Waals surface area (Å²) in [6, 6.07) is 0. The van der Waals surface area contributed by atoms with E-state index in [2.05, 4.69) is 35.4 Å². The molecule has 0 aliphatic rings. The molecule has 1 N–H and O–H groups in total. The molecule has 0 aliphatic heterocycles. The van der Waals surface area contributed by atoms with Crippen molar-refractivity contribution in [2.24, 2.45) is 0 Å². The minimum Gasteiger partial charge on any atom is -0.353 e. The third-order valence-electron chi connectivity index (χ3n) is 2.91. The number of rotatable bonds is 6. The molecule has 0 amide bonds. The van der Waals surface area contributed by atoms with Crippen molar-refractivity contribution < 1.29 is 4.39 Å². The molecule has 90 valence electrons. The number of nitrogens with zero attached hydrogens (tertiary/aromatic N) is 2. The van der Waals surface area contributed by atoms with E-state index in [0.717, 1.165) is 19.4 Å². The van der Waals surface area contributed by atoms with Crippen molar-refractivity contribution in [1.29, 1.82) is 0 Å². The highest BCUT2D eigenvalue weighted by Gasteiger charge is 2.24. The Morgan fingerprint density at radius 1 is 1.31 bits per heavy atom. The van der Waals surface area contributed by atoms with Crippen molar-refractivity contribution in [3.8, 4) is 0 Å². The fraction of sp³-hybridized carbons (Fsp3) is 0.636. The molecule has 0 unspecified atom stereocenters. The van der Waals surface area contributed by atoms with E-state index in [9.17, 15) is 4.39 Å². The molecule has 0 aromatic carbocycles. The summed E-state index contributed by atoms with van der Waals surface area (Å²) in [6.07, 6.45) is 6.62. The third-order valence-corrected chi connectivity index (χ3v) is 4.50. The van der Waals surface area contributed by atoms with Gasteiger partial charge in [0.25, 0.3) is 0 Å². The minimum atomic E-state index is -0.410. The van der Waals surface area contributed by atoms with Gasteiger partial charge in [-0.1, -0.05) is 13.8 Å². The van der Waals surface area contributed by atoms with Gasteiger partial charge in [-0.3, -0.25) is 0 Å². The van der Waals surface area contributed by atoms with E-state index >= 15 is 0 Å². The first kappa shape index (κ1) is 13.2. The number of halogens is 1. The molecule has 1 aromatic heterocycles. The monoisotopic (exact) mass is 243 g/mol. The van der Waals surface area contributed by atoms with Gasteiger partial charge in [0.15, 0.2) is 5.82 Å². The van der Waals surface area contributed by atoms with Gasteiger partial charge in [-0.25, -0.2) is 14.4 Å². The first-order chi connectivity index (χ1) is 7.65. The number of nitrogens with one attached hydrogen (secondary N) is 1. The van der Waals surface area contributed by atoms with Gasteiger partial charge in [-0.2, -0.15) is 11.8 Å². The minimum absolute atomic E-state index is 0.206. The average Bonchev–Trinajstić information content (AvgIpc) is 2.34. The summed E-state index contributed by atoms with van der Waals surface area (Å²) in [5, 5.41) is 3.16. The first-order valence-electron chi connectivity index (χ1n) is 5.42. The standard InChI is InChI=1S/C11H18FN3S/c1-4-11(5-2,16-3)8-15-10-13-6-9(12)7-14-10/h6-7H,4-5,8H2,1-3H3,(H,13,14,15). The molecular weight excluding hydrogens is 225 g/mol. The molecule has 0 atom stereocenters. The number of hydrogen-bond acceptors (Lipinski definition) is 4. The molecule has 0 radical (unpaired) electrons. The third kappa shape index (κ3) is 3.33. The van der Waals surface area contributed by atoms with Crippen LogP contribution in [0.3, 0.4) is 0 Å². The Morgan fingerprint density at radius 3 is 2.31 bits per heavy atom. The average molecular weight is 243 g/mol. The van der Waals surface area contributed by atoms with E-state index in [1.165, 1.54) is 12.4 Å². The van der Waals surface area contributed by atoms with E-state index in [1.807, 2.05) is 11.8 Å². The van der Waals surface area contributed by atoms with Crippen LogP contribution in [0.15, 0.2) is 12.4 Å². The zero-order valence-electron chi connectivity index (χ0n) is 9.96. The van der Waals surface area contributed by atoms with Gasteiger partial charge < -0.3 is 5.32 Å². The number of hydrogen-bond donors (Lipinski definition) is 1. The Kier molecular flexibility index (Phi) is 4.99. The highest BCUT2D eigenvalue weighted by Crippen LogP contribution is 2.30. The van der Waals surface area contributed by atoms with Crippen molar-refractivity contribution in [3.63, 3.8) is 0 Å². The summed E-state index contributed by atoms with van der Waals surface area (Å²) < 4.78 is 12.8. The molecule has 0 fully saturated rings. The Bertz CT molecular complexity index is 303. The molecule has 5 heteroatoms. The zero-order chi connectivity index (χ0) is 12.0. The second-order valence-corrected chi connectivity index (χ2v) is 4.95. The maximum Gasteiger partial charge on any atom is 0.222 e. The molecule has 3 nitrogen and oxygen atoms in total. The van der Waals surface area contributed by atoms with Gasteiger partial charge in [0.05, 0.1) is 12.4 Å². The molecule has 0 saturated carbocycles. The van der Waals surface area contributed by atoms with Crippen LogP contribution in [0.1, 0.15) is 26.7 Å². The van der Waals surface area contributed by atoms with Crippen LogP contribution >= 0.6 is 11.8 Å². The summed E-state index contributed by atoms with van der Waals surface area (Å²) in [7, 11) is 0. The Labute approximate surface area is 100 Å². The van der Waals surface area contributed by atoms with Crippen LogP contribution in [0.2, 0.25) is 0 Å². The Morgan fingerprint density at radius 2 is 1.88 bits per heavy atom. The van der Waals surface area contributed by atoms with Gasteiger partial charge in [-0.15, -0.1) is 0 Å². The van der Waals surface area contributed by atoms with Crippen molar-refractivity contribution in [1.82, 2.24) is 9.97 Å². The molecule has 0 spiro atoms. The molecule has 1 aromatic rings. The topological polar surface area (TPSA) is 37.8 Å². The first-order valence-corrected chi connectivity index (χ1v) is 6.65. The predicted molar refractivity (Wildman–Crippen MR) is 67.3 cm³/mol. The van der Waals surface area contributed by atoms with E-state index in [4.69, 9.17) is 0 Å². The Balaban J connectivity index is 2.58. The van der Waals surface area contributed by atoms with Gasteiger partial charge in [-0.05, 0) is 19.1 Å². The van der Waals surface area contributed by atoms with Crippen molar-refractivity contribution >= 4 is 17.7 Å². The summed E-state index contributed by atoms with van der Waals surface area (Å²) in [5.74, 6) is 0.0781. The highest BCUT2D eigenvalue weighted by atomic mass is 32.2. The molecular formula is C11H18FN3S. The summed E-state index contributed by atoms with van der Waals surface area (Å²) in [4.78, 5) is 7.76. The van der Waals surface area contributed by atoms with Gasteiger partial charge in [0, 0.05) is 11.3 Å². The molecule has 1 rings (SSSR count). The normalized spacial score (nSPS) is 11.5. The number of thioether (sulfide) groups is 1. The molecule has 0 aliphatic carbocycles. The summed E-state index contributed by atoms with van der Waals surface area (Å²) in [6.45, 7) is 5.15. The van der Waals surface area contributed by atoms with Gasteiger partial charge in [0.2, 0.25) is 5.95 Å². The molecule has 16 heavy (non-hydrogen) atoms. The maximum absolute atomic E-state index is 12.6. The molecule has 0 bridgehead atoms. The highest BCUT2D eigenvalue weighted by molar-refractivity contribution is 8.00. The van der Waals surface area contributed by atoms with E-state index in [1.54, 1.807) is 0 Å². The summed E-state index contributed by atoms with van der Waals surface area (Å²) in [5.41, 5.74) is 0. The smallest absolute Gasteiger partial charge is 0.222 e. The predicted octanol–water partition coefficient (Wildman–Crippen LogP) is 2.95. The van der Waals surface area contributed by atoms with Crippen LogP contribution in [0.5, 0.6) is 0 Å². The SMILES string of the molecule is CCC(CC)(CNc1ncc(F)cn1)SC.